The molecule has 0 aliphatic heterocycles. The maximum Gasteiger partial charge on any atom is 0.332 e. The fourth-order valence-corrected chi connectivity index (χ4v) is 3.98. The summed E-state index contributed by atoms with van der Waals surface area (Å²) in [4.78, 5) is 23.8. The molecular weight excluding hydrogens is 380 g/mol. The topological polar surface area (TPSA) is 72.8 Å². The van der Waals surface area contributed by atoms with E-state index in [-0.39, 0.29) is 23.7 Å². The van der Waals surface area contributed by atoms with Gasteiger partial charge in [-0.1, -0.05) is 57.4 Å². The molecule has 1 rings (SSSR count). The minimum Gasteiger partial charge on any atom is -0.479 e. The SMILES string of the molecule is CCCCCC/C=C/[C@H]1[C@H](OCC)CC(=O)[C@@H]1C/C=C\CCC(OCCC)C(=O)O. The third-order valence-electron chi connectivity index (χ3n) is 5.62. The highest BCUT2D eigenvalue weighted by Crippen LogP contribution is 2.35. The summed E-state index contributed by atoms with van der Waals surface area (Å²) in [6.45, 7) is 7.23. The number of Topliss-reactive ketones (excluding diaryl/α,β-unsaturated/α-hetero) is 1. The number of hydrogen-bond donors (Lipinski definition) is 1. The molecule has 1 saturated carbocycles. The molecule has 172 valence electrons. The lowest BCUT2D eigenvalue weighted by Crippen LogP contribution is -2.24. The smallest absolute Gasteiger partial charge is 0.332 e. The largest absolute Gasteiger partial charge is 0.479 e. The Kier molecular flexibility index (Phi) is 14.4. The van der Waals surface area contributed by atoms with Gasteiger partial charge in [0.1, 0.15) is 5.78 Å². The normalized spacial score (nSPS) is 23.0. The van der Waals surface area contributed by atoms with Crippen molar-refractivity contribution in [3.63, 3.8) is 0 Å². The predicted molar refractivity (Wildman–Crippen MR) is 121 cm³/mol. The zero-order valence-corrected chi connectivity index (χ0v) is 19.2. The average molecular weight is 423 g/mol. The maximum atomic E-state index is 12.6. The summed E-state index contributed by atoms with van der Waals surface area (Å²) in [6.07, 6.45) is 16.7. The Morgan fingerprint density at radius 1 is 1.10 bits per heavy atom. The van der Waals surface area contributed by atoms with E-state index in [4.69, 9.17) is 9.47 Å². The monoisotopic (exact) mass is 422 g/mol. The van der Waals surface area contributed by atoms with Gasteiger partial charge in [-0.2, -0.15) is 0 Å². The van der Waals surface area contributed by atoms with Crippen LogP contribution in [-0.2, 0) is 19.1 Å². The number of carbonyl (C=O) groups excluding carboxylic acids is 1. The van der Waals surface area contributed by atoms with Gasteiger partial charge in [0.15, 0.2) is 6.10 Å². The molecule has 1 fully saturated rings. The van der Waals surface area contributed by atoms with Gasteiger partial charge in [0.05, 0.1) is 6.10 Å². The molecule has 0 aromatic rings. The minimum absolute atomic E-state index is 0.0216. The molecule has 0 spiro atoms. The number of ether oxygens (including phenoxy) is 2. The number of hydrogen-bond acceptors (Lipinski definition) is 4. The van der Waals surface area contributed by atoms with Crippen LogP contribution in [0.5, 0.6) is 0 Å². The number of rotatable bonds is 17. The number of unbranched alkanes of at least 4 members (excludes halogenated alkanes) is 4. The standard InChI is InChI=1S/C25H42O5/c1-4-7-8-9-10-12-16-21-20(22(26)19-24(21)29-6-3)15-13-11-14-17-23(25(27)28)30-18-5-2/h11-13,16,20-21,23-24H,4-10,14-15,17-19H2,1-3H3,(H,27,28)/b13-11-,16-12+/t20-,21-,23?,24-/m1/s1. The summed E-state index contributed by atoms with van der Waals surface area (Å²) in [5, 5.41) is 9.21. The summed E-state index contributed by atoms with van der Waals surface area (Å²) < 4.78 is 11.2. The van der Waals surface area contributed by atoms with E-state index in [1.807, 2.05) is 26.0 Å². The van der Waals surface area contributed by atoms with Gasteiger partial charge in [-0.3, -0.25) is 4.79 Å². The predicted octanol–water partition coefficient (Wildman–Crippen LogP) is 5.73. The van der Waals surface area contributed by atoms with E-state index in [1.54, 1.807) is 0 Å². The van der Waals surface area contributed by atoms with Gasteiger partial charge in [0.25, 0.3) is 0 Å². The van der Waals surface area contributed by atoms with Crippen LogP contribution in [0.25, 0.3) is 0 Å². The first-order valence-electron chi connectivity index (χ1n) is 11.8. The highest BCUT2D eigenvalue weighted by Gasteiger charge is 2.40. The quantitative estimate of drug-likeness (QED) is 0.239. The third kappa shape index (κ3) is 10.0. The molecule has 1 N–H and O–H groups in total. The molecule has 1 aliphatic carbocycles. The first-order valence-corrected chi connectivity index (χ1v) is 11.8. The number of aliphatic carboxylic acids is 1. The molecule has 1 aliphatic rings. The summed E-state index contributed by atoms with van der Waals surface area (Å²) in [5.74, 6) is -0.552. The Morgan fingerprint density at radius 3 is 2.57 bits per heavy atom. The van der Waals surface area contributed by atoms with Gasteiger partial charge < -0.3 is 14.6 Å². The molecular formula is C25H42O5. The summed E-state index contributed by atoms with van der Waals surface area (Å²) >= 11 is 0. The Labute approximate surface area is 182 Å². The van der Waals surface area contributed by atoms with Gasteiger partial charge in [-0.25, -0.2) is 4.79 Å². The van der Waals surface area contributed by atoms with Crippen LogP contribution in [0.2, 0.25) is 0 Å². The van der Waals surface area contributed by atoms with Crippen LogP contribution < -0.4 is 0 Å². The van der Waals surface area contributed by atoms with Crippen molar-refractivity contribution in [3.05, 3.63) is 24.3 Å². The van der Waals surface area contributed by atoms with E-state index >= 15 is 0 Å². The molecule has 0 amide bonds. The second-order valence-electron chi connectivity index (χ2n) is 8.11. The highest BCUT2D eigenvalue weighted by molar-refractivity contribution is 5.85. The number of carbonyl (C=O) groups is 2. The first kappa shape index (κ1) is 26.6. The van der Waals surface area contributed by atoms with E-state index < -0.39 is 12.1 Å². The molecule has 5 heteroatoms. The Hall–Kier alpha value is -1.46. The molecule has 0 saturated heterocycles. The summed E-state index contributed by atoms with van der Waals surface area (Å²) in [5.41, 5.74) is 0. The van der Waals surface area contributed by atoms with Crippen LogP contribution in [0.15, 0.2) is 24.3 Å². The van der Waals surface area contributed by atoms with Gasteiger partial charge in [0.2, 0.25) is 0 Å². The van der Waals surface area contributed by atoms with Gasteiger partial charge in [-0.15, -0.1) is 0 Å². The van der Waals surface area contributed by atoms with E-state index in [9.17, 15) is 14.7 Å². The second kappa shape index (κ2) is 16.3. The molecule has 0 bridgehead atoms. The molecule has 0 aromatic carbocycles. The molecule has 0 heterocycles. The third-order valence-corrected chi connectivity index (χ3v) is 5.62. The zero-order chi connectivity index (χ0) is 22.2. The minimum atomic E-state index is -0.911. The number of allylic oxidation sites excluding steroid dienone is 3. The van der Waals surface area contributed by atoms with Gasteiger partial charge in [0, 0.05) is 31.5 Å². The van der Waals surface area contributed by atoms with E-state index in [2.05, 4.69) is 19.1 Å². The zero-order valence-electron chi connectivity index (χ0n) is 19.2. The van der Waals surface area contributed by atoms with Crippen LogP contribution in [0.3, 0.4) is 0 Å². The van der Waals surface area contributed by atoms with Crippen LogP contribution in [-0.4, -0.2) is 42.3 Å². The van der Waals surface area contributed by atoms with Crippen LogP contribution >= 0.6 is 0 Å². The van der Waals surface area contributed by atoms with Crippen LogP contribution in [0.1, 0.15) is 85.0 Å². The fourth-order valence-electron chi connectivity index (χ4n) is 3.98. The number of carboxylic acids is 1. The number of carboxylic acid groups (broad SMARTS) is 1. The fraction of sp³-hybridized carbons (Fsp3) is 0.760. The Morgan fingerprint density at radius 2 is 1.90 bits per heavy atom. The van der Waals surface area contributed by atoms with Crippen molar-refractivity contribution in [3.8, 4) is 0 Å². The van der Waals surface area contributed by atoms with Crippen molar-refractivity contribution >= 4 is 11.8 Å². The Balaban J connectivity index is 2.56. The lowest BCUT2D eigenvalue weighted by Gasteiger charge is -2.20. The molecule has 30 heavy (non-hydrogen) atoms. The Bertz CT molecular complexity index is 540. The first-order chi connectivity index (χ1) is 14.5. The van der Waals surface area contributed by atoms with Crippen molar-refractivity contribution < 1.29 is 24.2 Å². The average Bonchev–Trinajstić information content (AvgIpc) is 3.01. The van der Waals surface area contributed by atoms with Gasteiger partial charge >= 0.3 is 5.97 Å². The molecule has 5 nitrogen and oxygen atoms in total. The van der Waals surface area contributed by atoms with E-state index in [0.29, 0.717) is 38.9 Å². The number of ketones is 1. The summed E-state index contributed by atoms with van der Waals surface area (Å²) in [6, 6.07) is 0. The van der Waals surface area contributed by atoms with Crippen LogP contribution in [0.4, 0.5) is 0 Å². The molecule has 1 unspecified atom stereocenters. The van der Waals surface area contributed by atoms with E-state index in [1.165, 1.54) is 25.7 Å². The van der Waals surface area contributed by atoms with Crippen molar-refractivity contribution in [2.24, 2.45) is 11.8 Å². The highest BCUT2D eigenvalue weighted by atomic mass is 16.5. The van der Waals surface area contributed by atoms with Crippen molar-refractivity contribution in [2.75, 3.05) is 13.2 Å². The van der Waals surface area contributed by atoms with Crippen molar-refractivity contribution in [1.29, 1.82) is 0 Å². The molecule has 4 atom stereocenters. The van der Waals surface area contributed by atoms with Gasteiger partial charge in [-0.05, 0) is 45.4 Å². The molecule has 0 radical (unpaired) electrons. The van der Waals surface area contributed by atoms with Crippen molar-refractivity contribution in [1.82, 2.24) is 0 Å². The second-order valence-corrected chi connectivity index (χ2v) is 8.11. The van der Waals surface area contributed by atoms with Crippen molar-refractivity contribution in [2.45, 2.75) is 97.2 Å². The molecule has 0 aromatic heterocycles. The van der Waals surface area contributed by atoms with E-state index in [0.717, 1.165) is 12.8 Å². The summed E-state index contributed by atoms with van der Waals surface area (Å²) in [7, 11) is 0. The lowest BCUT2D eigenvalue weighted by atomic mass is 9.90. The lowest BCUT2D eigenvalue weighted by molar-refractivity contribution is -0.150. The van der Waals surface area contributed by atoms with Crippen LogP contribution in [0, 0.1) is 11.8 Å². The maximum absolute atomic E-state index is 12.6.